The summed E-state index contributed by atoms with van der Waals surface area (Å²) in [5.41, 5.74) is 2.19. The van der Waals surface area contributed by atoms with E-state index in [2.05, 4.69) is 21.9 Å². The Morgan fingerprint density at radius 2 is 2.25 bits per heavy atom. The molecule has 1 aromatic heterocycles. The van der Waals surface area contributed by atoms with Crippen LogP contribution in [0.5, 0.6) is 0 Å². The fourth-order valence-corrected chi connectivity index (χ4v) is 3.43. The van der Waals surface area contributed by atoms with Crippen molar-refractivity contribution in [3.05, 3.63) is 11.4 Å². The summed E-state index contributed by atoms with van der Waals surface area (Å²) in [5.74, 6) is 0.0363. The molecule has 110 valence electrons. The molecule has 3 rings (SSSR count). The molecule has 1 fully saturated rings. The highest BCUT2D eigenvalue weighted by molar-refractivity contribution is 5.73. The van der Waals surface area contributed by atoms with Gasteiger partial charge in [0.15, 0.2) is 0 Å². The van der Waals surface area contributed by atoms with Gasteiger partial charge in [0.05, 0.1) is 17.4 Å². The van der Waals surface area contributed by atoms with Gasteiger partial charge in [-0.05, 0) is 25.2 Å². The molecule has 2 aliphatic rings. The van der Waals surface area contributed by atoms with Crippen molar-refractivity contribution in [1.29, 1.82) is 0 Å². The van der Waals surface area contributed by atoms with E-state index in [1.165, 1.54) is 0 Å². The minimum Gasteiger partial charge on any atom is -0.480 e. The van der Waals surface area contributed by atoms with Crippen LogP contribution in [0.2, 0.25) is 0 Å². The molecular formula is C14H22N4O2. The highest BCUT2D eigenvalue weighted by Crippen LogP contribution is 2.38. The zero-order valence-electron chi connectivity index (χ0n) is 12.1. The van der Waals surface area contributed by atoms with Gasteiger partial charge < -0.3 is 5.11 Å². The molecule has 1 aromatic rings. The van der Waals surface area contributed by atoms with Crippen molar-refractivity contribution in [1.82, 2.24) is 19.9 Å². The molecule has 20 heavy (non-hydrogen) atoms. The first kappa shape index (κ1) is 13.5. The van der Waals surface area contributed by atoms with Crippen molar-refractivity contribution in [2.75, 3.05) is 6.54 Å². The van der Waals surface area contributed by atoms with Crippen LogP contribution < -0.4 is 0 Å². The maximum atomic E-state index is 11.3. The molecule has 0 aromatic carbocycles. The Balaban J connectivity index is 1.79. The molecular weight excluding hydrogens is 256 g/mol. The summed E-state index contributed by atoms with van der Waals surface area (Å²) in [5, 5.41) is 17.9. The van der Waals surface area contributed by atoms with Gasteiger partial charge in [0.25, 0.3) is 0 Å². The van der Waals surface area contributed by atoms with Crippen molar-refractivity contribution in [2.24, 2.45) is 5.92 Å². The summed E-state index contributed by atoms with van der Waals surface area (Å²) in [4.78, 5) is 13.4. The number of nitrogens with zero attached hydrogens (tertiary/aromatic N) is 4. The van der Waals surface area contributed by atoms with Gasteiger partial charge in [0.1, 0.15) is 6.04 Å². The predicted molar refractivity (Wildman–Crippen MR) is 73.3 cm³/mol. The summed E-state index contributed by atoms with van der Waals surface area (Å²) >= 11 is 0. The molecule has 2 heterocycles. The number of rotatable bonds is 4. The van der Waals surface area contributed by atoms with Gasteiger partial charge in [-0.3, -0.25) is 9.69 Å². The van der Waals surface area contributed by atoms with Crippen LogP contribution in [-0.4, -0.2) is 43.6 Å². The lowest BCUT2D eigenvalue weighted by molar-refractivity contribution is -0.143. The highest BCUT2D eigenvalue weighted by atomic mass is 16.4. The maximum absolute atomic E-state index is 11.3. The Hall–Kier alpha value is -1.43. The monoisotopic (exact) mass is 278 g/mol. The smallest absolute Gasteiger partial charge is 0.320 e. The molecule has 1 aliphatic heterocycles. The fourth-order valence-electron chi connectivity index (χ4n) is 3.43. The van der Waals surface area contributed by atoms with Gasteiger partial charge in [-0.1, -0.05) is 19.1 Å². The van der Waals surface area contributed by atoms with E-state index in [1.807, 2.05) is 11.8 Å². The number of aliphatic carboxylic acids is 1. The van der Waals surface area contributed by atoms with E-state index in [9.17, 15) is 9.90 Å². The Morgan fingerprint density at radius 1 is 1.50 bits per heavy atom. The molecule has 1 saturated carbocycles. The molecule has 0 amide bonds. The molecule has 1 aliphatic carbocycles. The number of hydrogen-bond acceptors (Lipinski definition) is 4. The van der Waals surface area contributed by atoms with Gasteiger partial charge in [0.2, 0.25) is 0 Å². The molecule has 1 N–H and O–H groups in total. The van der Waals surface area contributed by atoms with Crippen LogP contribution in [0.1, 0.15) is 50.5 Å². The lowest BCUT2D eigenvalue weighted by atomic mass is 9.82. The molecule has 0 spiro atoms. The number of carbonyl (C=O) groups is 1. The SMILES string of the molecule is CCC(C(=O)O)N1CCc2nnn(C3CC(C)C3)c2C1. The third-order valence-corrected chi connectivity index (χ3v) is 4.67. The number of fused-ring (bicyclic) bond motifs is 1. The zero-order valence-corrected chi connectivity index (χ0v) is 12.1. The van der Waals surface area contributed by atoms with Crippen molar-refractivity contribution in [3.8, 4) is 0 Å². The van der Waals surface area contributed by atoms with Crippen LogP contribution >= 0.6 is 0 Å². The van der Waals surface area contributed by atoms with Crippen LogP contribution in [0, 0.1) is 5.92 Å². The van der Waals surface area contributed by atoms with Crippen LogP contribution in [0.15, 0.2) is 0 Å². The number of aromatic nitrogens is 3. The van der Waals surface area contributed by atoms with E-state index in [4.69, 9.17) is 0 Å². The minimum absolute atomic E-state index is 0.396. The second kappa shape index (κ2) is 5.16. The lowest BCUT2D eigenvalue weighted by Crippen LogP contribution is -2.44. The molecule has 0 bridgehead atoms. The Morgan fingerprint density at radius 3 is 2.85 bits per heavy atom. The molecule has 6 nitrogen and oxygen atoms in total. The van der Waals surface area contributed by atoms with Gasteiger partial charge >= 0.3 is 5.97 Å². The first-order valence-electron chi connectivity index (χ1n) is 7.50. The van der Waals surface area contributed by atoms with Crippen LogP contribution in [0.4, 0.5) is 0 Å². The topological polar surface area (TPSA) is 71.2 Å². The maximum Gasteiger partial charge on any atom is 0.320 e. The van der Waals surface area contributed by atoms with E-state index in [1.54, 1.807) is 0 Å². The summed E-state index contributed by atoms with van der Waals surface area (Å²) in [6.45, 7) is 5.61. The van der Waals surface area contributed by atoms with Gasteiger partial charge in [-0.15, -0.1) is 5.10 Å². The fraction of sp³-hybridized carbons (Fsp3) is 0.786. The van der Waals surface area contributed by atoms with E-state index < -0.39 is 12.0 Å². The van der Waals surface area contributed by atoms with Crippen molar-refractivity contribution >= 4 is 5.97 Å². The Labute approximate surface area is 118 Å². The normalized spacial score (nSPS) is 27.7. The number of carboxylic acid groups (broad SMARTS) is 1. The number of carboxylic acids is 1. The lowest BCUT2D eigenvalue weighted by Gasteiger charge is -2.36. The second-order valence-electron chi connectivity index (χ2n) is 6.14. The summed E-state index contributed by atoms with van der Waals surface area (Å²) in [7, 11) is 0. The van der Waals surface area contributed by atoms with Crippen LogP contribution in [0.25, 0.3) is 0 Å². The molecule has 0 radical (unpaired) electrons. The number of hydrogen-bond donors (Lipinski definition) is 1. The Bertz CT molecular complexity index is 507. The predicted octanol–water partition coefficient (Wildman–Crippen LogP) is 1.47. The van der Waals surface area contributed by atoms with Crippen molar-refractivity contribution < 1.29 is 9.90 Å². The van der Waals surface area contributed by atoms with Crippen LogP contribution in [0.3, 0.4) is 0 Å². The van der Waals surface area contributed by atoms with Gasteiger partial charge in [0, 0.05) is 19.5 Å². The highest BCUT2D eigenvalue weighted by Gasteiger charge is 2.34. The van der Waals surface area contributed by atoms with Crippen molar-refractivity contribution in [3.63, 3.8) is 0 Å². The largest absolute Gasteiger partial charge is 0.480 e. The van der Waals surface area contributed by atoms with Crippen molar-refractivity contribution in [2.45, 2.75) is 58.2 Å². The third-order valence-electron chi connectivity index (χ3n) is 4.67. The van der Waals surface area contributed by atoms with Gasteiger partial charge in [-0.2, -0.15) is 0 Å². The minimum atomic E-state index is -0.729. The third kappa shape index (κ3) is 2.22. The first-order valence-corrected chi connectivity index (χ1v) is 7.50. The van der Waals surface area contributed by atoms with E-state index in [0.717, 1.165) is 43.1 Å². The average Bonchev–Trinajstić information content (AvgIpc) is 2.78. The van der Waals surface area contributed by atoms with Gasteiger partial charge in [-0.25, -0.2) is 4.68 Å². The molecule has 6 heteroatoms. The quantitative estimate of drug-likeness (QED) is 0.903. The Kier molecular flexibility index (Phi) is 3.50. The molecule has 1 unspecified atom stereocenters. The van der Waals surface area contributed by atoms with Crippen LogP contribution in [-0.2, 0) is 17.8 Å². The zero-order chi connectivity index (χ0) is 14.3. The summed E-state index contributed by atoms with van der Waals surface area (Å²) < 4.78 is 2.05. The van der Waals surface area contributed by atoms with E-state index in [0.29, 0.717) is 19.0 Å². The summed E-state index contributed by atoms with van der Waals surface area (Å²) in [6, 6.07) is 0.0675. The first-order chi connectivity index (χ1) is 9.60. The van der Waals surface area contributed by atoms with E-state index in [-0.39, 0.29) is 0 Å². The molecule has 1 atom stereocenters. The standard InChI is InChI=1S/C14H22N4O2/c1-3-12(14(19)20)17-5-4-11-13(8-17)18(16-15-11)10-6-9(2)7-10/h9-10,12H,3-8H2,1-2H3,(H,19,20). The molecule has 0 saturated heterocycles. The summed E-state index contributed by atoms with van der Waals surface area (Å²) in [6.07, 6.45) is 3.76. The second-order valence-corrected chi connectivity index (χ2v) is 6.14. The van der Waals surface area contributed by atoms with E-state index >= 15 is 0 Å². The average molecular weight is 278 g/mol.